The Hall–Kier alpha value is -3.63. The number of anilines is 3. The summed E-state index contributed by atoms with van der Waals surface area (Å²) < 4.78 is 11.9. The van der Waals surface area contributed by atoms with Crippen molar-refractivity contribution in [3.63, 3.8) is 0 Å². The van der Waals surface area contributed by atoms with Crippen LogP contribution >= 0.6 is 0 Å². The molecule has 0 aliphatic carbocycles. The van der Waals surface area contributed by atoms with E-state index in [2.05, 4.69) is 42.6 Å². The molecule has 0 saturated carbocycles. The standard InChI is InChI=1S/C29H38N10O2/c1-19-12-26(39-17-23(31)25(18-39)40-3)35-29(34-19)37-10-8-36(9-11-37)15-22-16-38(14-20(2)41-22)24-5-4-21(13-30)27-28(24)33-7-6-32-27/h4-7,12,20,22-23,25H,8-11,14-18,31H2,1-3H3/t20-,22+,23+,25+/m1/s1. The Labute approximate surface area is 240 Å². The van der Waals surface area contributed by atoms with Gasteiger partial charge in [0.25, 0.3) is 0 Å². The van der Waals surface area contributed by atoms with Gasteiger partial charge in [0, 0.05) is 90.2 Å². The molecule has 0 amide bonds. The molecule has 12 nitrogen and oxygen atoms in total. The van der Waals surface area contributed by atoms with E-state index in [4.69, 9.17) is 25.2 Å². The normalized spacial score (nSPS) is 25.6. The maximum Gasteiger partial charge on any atom is 0.227 e. The first-order valence-electron chi connectivity index (χ1n) is 14.3. The number of nitriles is 1. The second kappa shape index (κ2) is 11.7. The van der Waals surface area contributed by atoms with Crippen LogP contribution in [0.2, 0.25) is 0 Å². The highest BCUT2D eigenvalue weighted by molar-refractivity contribution is 5.92. The zero-order chi connectivity index (χ0) is 28.5. The smallest absolute Gasteiger partial charge is 0.227 e. The number of benzene rings is 1. The minimum Gasteiger partial charge on any atom is -0.378 e. The quantitative estimate of drug-likeness (QED) is 0.466. The number of methoxy groups -OCH3 is 1. The van der Waals surface area contributed by atoms with Crippen LogP contribution in [0.15, 0.2) is 30.6 Å². The summed E-state index contributed by atoms with van der Waals surface area (Å²) in [6.45, 7) is 11.5. The maximum atomic E-state index is 9.52. The van der Waals surface area contributed by atoms with Gasteiger partial charge in [0.05, 0.1) is 35.6 Å². The molecule has 1 aromatic carbocycles. The fraction of sp³-hybridized carbons (Fsp3) is 0.552. The van der Waals surface area contributed by atoms with E-state index in [1.165, 1.54) is 0 Å². The van der Waals surface area contributed by atoms with Crippen LogP contribution in [0, 0.1) is 18.3 Å². The Morgan fingerprint density at radius 1 is 1.00 bits per heavy atom. The summed E-state index contributed by atoms with van der Waals surface area (Å²) in [5, 5.41) is 9.52. The minimum atomic E-state index is -0.0218. The van der Waals surface area contributed by atoms with Gasteiger partial charge >= 0.3 is 0 Å². The first-order chi connectivity index (χ1) is 19.9. The first kappa shape index (κ1) is 27.5. The van der Waals surface area contributed by atoms with Gasteiger partial charge in [-0.25, -0.2) is 4.98 Å². The summed E-state index contributed by atoms with van der Waals surface area (Å²) in [4.78, 5) is 28.0. The molecule has 0 spiro atoms. The second-order valence-electron chi connectivity index (χ2n) is 11.3. The molecule has 3 fully saturated rings. The van der Waals surface area contributed by atoms with Gasteiger partial charge in [0.15, 0.2) is 0 Å². The lowest BCUT2D eigenvalue weighted by molar-refractivity contribution is -0.0327. The van der Waals surface area contributed by atoms with Crippen LogP contribution in [-0.2, 0) is 9.47 Å². The number of aromatic nitrogens is 4. The summed E-state index contributed by atoms with van der Waals surface area (Å²) >= 11 is 0. The largest absolute Gasteiger partial charge is 0.378 e. The van der Waals surface area contributed by atoms with Crippen LogP contribution in [0.4, 0.5) is 17.5 Å². The van der Waals surface area contributed by atoms with E-state index in [0.29, 0.717) is 11.1 Å². The number of morpholine rings is 1. The van der Waals surface area contributed by atoms with E-state index in [9.17, 15) is 5.26 Å². The third-order valence-electron chi connectivity index (χ3n) is 8.27. The Kier molecular flexibility index (Phi) is 7.86. The third kappa shape index (κ3) is 5.76. The van der Waals surface area contributed by atoms with Crippen molar-refractivity contribution in [1.82, 2.24) is 24.8 Å². The van der Waals surface area contributed by atoms with E-state index >= 15 is 0 Å². The Balaban J connectivity index is 1.09. The zero-order valence-corrected chi connectivity index (χ0v) is 24.0. The average Bonchev–Trinajstić information content (AvgIpc) is 3.37. The van der Waals surface area contributed by atoms with Crippen molar-refractivity contribution in [3.8, 4) is 6.07 Å². The van der Waals surface area contributed by atoms with Crippen molar-refractivity contribution < 1.29 is 9.47 Å². The summed E-state index contributed by atoms with van der Waals surface area (Å²) in [5.41, 5.74) is 10.2. The number of hydrogen-bond acceptors (Lipinski definition) is 12. The lowest BCUT2D eigenvalue weighted by Crippen LogP contribution is -2.54. The molecule has 0 radical (unpaired) electrons. The number of hydrogen-bond donors (Lipinski definition) is 1. The van der Waals surface area contributed by atoms with Gasteiger partial charge in [-0.15, -0.1) is 0 Å². The van der Waals surface area contributed by atoms with Crippen LogP contribution < -0.4 is 20.4 Å². The number of nitrogens with zero attached hydrogens (tertiary/aromatic N) is 9. The Bertz CT molecular complexity index is 1420. The van der Waals surface area contributed by atoms with Crippen LogP contribution in [0.3, 0.4) is 0 Å². The fourth-order valence-corrected chi connectivity index (χ4v) is 6.22. The average molecular weight is 559 g/mol. The number of piperazine rings is 1. The molecule has 2 N–H and O–H groups in total. The highest BCUT2D eigenvalue weighted by Crippen LogP contribution is 2.29. The highest BCUT2D eigenvalue weighted by atomic mass is 16.5. The topological polar surface area (TPSA) is 133 Å². The van der Waals surface area contributed by atoms with E-state index in [1.54, 1.807) is 19.5 Å². The molecular weight excluding hydrogens is 520 g/mol. The molecule has 0 unspecified atom stereocenters. The lowest BCUT2D eigenvalue weighted by Gasteiger charge is -2.42. The predicted octanol–water partition coefficient (Wildman–Crippen LogP) is 1.18. The summed E-state index contributed by atoms with van der Waals surface area (Å²) in [7, 11) is 1.71. The Morgan fingerprint density at radius 2 is 1.78 bits per heavy atom. The SMILES string of the molecule is CO[C@H]1CN(c2cc(C)nc(N3CCN(C[C@H]4CN(c5ccc(C#N)c6nccnc56)C[C@@H](C)O4)CC3)n2)C[C@@H]1N. The van der Waals surface area contributed by atoms with Gasteiger partial charge < -0.3 is 29.9 Å². The Morgan fingerprint density at radius 3 is 2.51 bits per heavy atom. The molecule has 12 heteroatoms. The number of fused-ring (bicyclic) bond motifs is 1. The number of rotatable bonds is 6. The van der Waals surface area contributed by atoms with Crippen molar-refractivity contribution in [2.45, 2.75) is 38.2 Å². The first-order valence-corrected chi connectivity index (χ1v) is 14.3. The fourth-order valence-electron chi connectivity index (χ4n) is 6.22. The summed E-state index contributed by atoms with van der Waals surface area (Å²) in [6, 6.07) is 8.07. The molecule has 41 heavy (non-hydrogen) atoms. The number of ether oxygens (including phenoxy) is 2. The monoisotopic (exact) mass is 558 g/mol. The third-order valence-corrected chi connectivity index (χ3v) is 8.27. The molecule has 216 valence electrons. The van der Waals surface area contributed by atoms with Crippen molar-refractivity contribution in [1.29, 1.82) is 5.26 Å². The highest BCUT2D eigenvalue weighted by Gasteiger charge is 2.33. The van der Waals surface area contributed by atoms with Crippen molar-refractivity contribution in [2.24, 2.45) is 5.73 Å². The van der Waals surface area contributed by atoms with E-state index in [0.717, 1.165) is 87.6 Å². The molecule has 3 aromatic rings. The van der Waals surface area contributed by atoms with Crippen LogP contribution in [0.1, 0.15) is 18.2 Å². The van der Waals surface area contributed by atoms with Gasteiger partial charge in [0.1, 0.15) is 22.9 Å². The summed E-state index contributed by atoms with van der Waals surface area (Å²) in [5.74, 6) is 1.69. The van der Waals surface area contributed by atoms with Crippen molar-refractivity contribution in [2.75, 3.05) is 80.7 Å². The van der Waals surface area contributed by atoms with Crippen LogP contribution in [0.5, 0.6) is 0 Å². The summed E-state index contributed by atoms with van der Waals surface area (Å²) in [6.07, 6.45) is 3.47. The maximum absolute atomic E-state index is 9.52. The minimum absolute atomic E-state index is 0.0153. The van der Waals surface area contributed by atoms with Gasteiger partial charge in [-0.2, -0.15) is 10.2 Å². The van der Waals surface area contributed by atoms with Crippen molar-refractivity contribution >= 4 is 28.5 Å². The molecule has 6 rings (SSSR count). The van der Waals surface area contributed by atoms with E-state index in [1.807, 2.05) is 25.1 Å². The molecule has 3 saturated heterocycles. The molecular formula is C29H38N10O2. The molecule has 5 heterocycles. The molecule has 3 aliphatic rings. The van der Waals surface area contributed by atoms with Crippen LogP contribution in [0.25, 0.3) is 11.0 Å². The second-order valence-corrected chi connectivity index (χ2v) is 11.3. The molecule has 4 atom stereocenters. The van der Waals surface area contributed by atoms with E-state index in [-0.39, 0.29) is 24.4 Å². The van der Waals surface area contributed by atoms with Crippen molar-refractivity contribution in [3.05, 3.63) is 41.9 Å². The van der Waals surface area contributed by atoms with Gasteiger partial charge in [0.2, 0.25) is 5.95 Å². The molecule has 0 bridgehead atoms. The lowest BCUT2D eigenvalue weighted by atomic mass is 10.1. The van der Waals surface area contributed by atoms with E-state index < -0.39 is 0 Å². The molecule has 3 aliphatic heterocycles. The number of nitrogens with two attached hydrogens (primary N) is 1. The number of aryl methyl sites for hydroxylation is 1. The van der Waals surface area contributed by atoms with Gasteiger partial charge in [-0.3, -0.25) is 14.9 Å². The predicted molar refractivity (Wildman–Crippen MR) is 157 cm³/mol. The van der Waals surface area contributed by atoms with Gasteiger partial charge in [-0.1, -0.05) is 0 Å². The zero-order valence-electron chi connectivity index (χ0n) is 24.0. The van der Waals surface area contributed by atoms with Crippen LogP contribution in [-0.4, -0.2) is 115 Å². The van der Waals surface area contributed by atoms with Gasteiger partial charge in [-0.05, 0) is 26.0 Å². The molecule has 2 aromatic heterocycles.